The van der Waals surface area contributed by atoms with Gasteiger partial charge in [0.25, 0.3) is 5.56 Å². The number of rotatable bonds is 2. The summed E-state index contributed by atoms with van der Waals surface area (Å²) in [4.78, 5) is 16.6. The Labute approximate surface area is 206 Å². The van der Waals surface area contributed by atoms with E-state index >= 15 is 0 Å². The minimum atomic E-state index is 0. The summed E-state index contributed by atoms with van der Waals surface area (Å²) in [5.41, 5.74) is 3.48. The van der Waals surface area contributed by atoms with E-state index in [4.69, 9.17) is 0 Å². The SMILES string of the molecule is CCn1c(=Cc2ccc3ccccc3[n+]2C)sc(=C2Sc3ccccc3N2C)c1=O.[I-]. The lowest BCUT2D eigenvalue weighted by Gasteiger charge is -2.11. The molecule has 0 atom stereocenters. The lowest BCUT2D eigenvalue weighted by Crippen LogP contribution is -3.00. The second-order valence-electron chi connectivity index (χ2n) is 7.27. The van der Waals surface area contributed by atoms with E-state index in [1.807, 2.05) is 30.7 Å². The first-order chi connectivity index (χ1) is 14.6. The highest BCUT2D eigenvalue weighted by Crippen LogP contribution is 2.44. The van der Waals surface area contributed by atoms with Crippen LogP contribution in [0, 0.1) is 0 Å². The fourth-order valence-electron chi connectivity index (χ4n) is 3.90. The van der Waals surface area contributed by atoms with Crippen molar-refractivity contribution >= 4 is 50.8 Å². The molecule has 0 N–H and O–H groups in total. The Kier molecular flexibility index (Phi) is 6.27. The molecule has 4 aromatic rings. The van der Waals surface area contributed by atoms with Crippen LogP contribution in [0.1, 0.15) is 12.6 Å². The number of nitrogens with zero attached hydrogens (tertiary/aromatic N) is 3. The van der Waals surface area contributed by atoms with Crippen molar-refractivity contribution < 1.29 is 28.5 Å². The van der Waals surface area contributed by atoms with Gasteiger partial charge in [0.1, 0.15) is 21.3 Å². The third-order valence-corrected chi connectivity index (χ3v) is 8.04. The predicted molar refractivity (Wildman–Crippen MR) is 126 cm³/mol. The van der Waals surface area contributed by atoms with Gasteiger partial charge in [0.05, 0.1) is 5.69 Å². The van der Waals surface area contributed by atoms with E-state index in [-0.39, 0.29) is 29.5 Å². The molecule has 0 saturated heterocycles. The zero-order chi connectivity index (χ0) is 20.8. The van der Waals surface area contributed by atoms with Gasteiger partial charge >= 0.3 is 0 Å². The fourth-order valence-corrected chi connectivity index (χ4v) is 6.36. The van der Waals surface area contributed by atoms with E-state index < -0.39 is 0 Å². The van der Waals surface area contributed by atoms with Crippen LogP contribution in [0.4, 0.5) is 5.69 Å². The van der Waals surface area contributed by atoms with Gasteiger partial charge in [-0.15, -0.1) is 11.3 Å². The molecule has 0 amide bonds. The molecule has 158 valence electrons. The number of hydrogen-bond acceptors (Lipinski definition) is 4. The van der Waals surface area contributed by atoms with Gasteiger partial charge in [-0.3, -0.25) is 9.36 Å². The van der Waals surface area contributed by atoms with E-state index in [1.54, 1.807) is 23.1 Å². The molecule has 31 heavy (non-hydrogen) atoms. The monoisotopic (exact) mass is 559 g/mol. The topological polar surface area (TPSA) is 29.1 Å². The van der Waals surface area contributed by atoms with Crippen molar-refractivity contribution in [1.82, 2.24) is 4.57 Å². The van der Waals surface area contributed by atoms with Crippen LogP contribution in [-0.2, 0) is 13.6 Å². The van der Waals surface area contributed by atoms with Crippen LogP contribution in [0.3, 0.4) is 0 Å². The molecular formula is C24H22IN3OS2. The largest absolute Gasteiger partial charge is 1.00 e. The Morgan fingerprint density at radius 1 is 1.03 bits per heavy atom. The Hall–Kier alpha value is -2.10. The first kappa shape index (κ1) is 22.1. The molecule has 5 rings (SSSR count). The summed E-state index contributed by atoms with van der Waals surface area (Å²) in [6.07, 6.45) is 2.12. The normalized spacial score (nSPS) is 15.3. The predicted octanol–water partition coefficient (Wildman–Crippen LogP) is 0.0480. The number of para-hydroxylation sites is 2. The van der Waals surface area contributed by atoms with Gasteiger partial charge in [0.2, 0.25) is 11.2 Å². The molecule has 0 unspecified atom stereocenters. The molecule has 4 nitrogen and oxygen atoms in total. The average Bonchev–Trinajstić information content (AvgIpc) is 3.26. The fraction of sp³-hybridized carbons (Fsp3) is 0.167. The number of anilines is 1. The molecule has 1 aliphatic heterocycles. The number of thioether (sulfide) groups is 1. The van der Waals surface area contributed by atoms with Crippen LogP contribution in [0.25, 0.3) is 22.0 Å². The highest BCUT2D eigenvalue weighted by molar-refractivity contribution is 8.08. The Morgan fingerprint density at radius 3 is 2.55 bits per heavy atom. The summed E-state index contributed by atoms with van der Waals surface area (Å²) >= 11 is 3.25. The van der Waals surface area contributed by atoms with Crippen molar-refractivity contribution in [1.29, 1.82) is 0 Å². The lowest BCUT2D eigenvalue weighted by atomic mass is 10.2. The molecule has 1 aliphatic rings. The van der Waals surface area contributed by atoms with Gasteiger partial charge in [-0.25, -0.2) is 0 Å². The van der Waals surface area contributed by atoms with Gasteiger partial charge in [0.15, 0.2) is 0 Å². The minimum Gasteiger partial charge on any atom is -1.00 e. The van der Waals surface area contributed by atoms with E-state index in [1.165, 1.54) is 15.8 Å². The van der Waals surface area contributed by atoms with Crippen molar-refractivity contribution in [3.8, 4) is 0 Å². The van der Waals surface area contributed by atoms with E-state index in [0.717, 1.165) is 25.6 Å². The maximum Gasteiger partial charge on any atom is 0.271 e. The summed E-state index contributed by atoms with van der Waals surface area (Å²) in [6.45, 7) is 2.67. The number of fused-ring (bicyclic) bond motifs is 2. The van der Waals surface area contributed by atoms with Crippen LogP contribution in [0.15, 0.2) is 70.4 Å². The van der Waals surface area contributed by atoms with Crippen LogP contribution in [0.2, 0.25) is 0 Å². The maximum absolute atomic E-state index is 13.3. The van der Waals surface area contributed by atoms with Gasteiger partial charge < -0.3 is 28.9 Å². The summed E-state index contributed by atoms with van der Waals surface area (Å²) < 4.78 is 5.83. The number of aromatic nitrogens is 2. The quantitative estimate of drug-likeness (QED) is 0.257. The lowest BCUT2D eigenvalue weighted by molar-refractivity contribution is -0.646. The van der Waals surface area contributed by atoms with Gasteiger partial charge in [-0.2, -0.15) is 4.57 Å². The Balaban J connectivity index is 0.00000231. The highest BCUT2D eigenvalue weighted by atomic mass is 127. The maximum atomic E-state index is 13.3. The molecule has 0 bridgehead atoms. The second kappa shape index (κ2) is 8.80. The first-order valence-electron chi connectivity index (χ1n) is 9.92. The average molecular weight is 559 g/mol. The number of hydrogen-bond donors (Lipinski definition) is 0. The van der Waals surface area contributed by atoms with Crippen molar-refractivity contribution in [2.24, 2.45) is 7.05 Å². The summed E-state index contributed by atoms with van der Waals surface area (Å²) in [6, 6.07) is 20.9. The molecule has 0 spiro atoms. The second-order valence-corrected chi connectivity index (χ2v) is 9.33. The van der Waals surface area contributed by atoms with Crippen molar-refractivity contribution in [3.05, 3.63) is 85.9 Å². The van der Waals surface area contributed by atoms with E-state index in [0.29, 0.717) is 6.54 Å². The van der Waals surface area contributed by atoms with Crippen molar-refractivity contribution in [2.75, 3.05) is 11.9 Å². The van der Waals surface area contributed by atoms with Gasteiger partial charge in [-0.1, -0.05) is 36.0 Å². The number of pyridine rings is 1. The molecule has 0 fully saturated rings. The third kappa shape index (κ3) is 3.72. The van der Waals surface area contributed by atoms with Crippen LogP contribution in [0.5, 0.6) is 0 Å². The van der Waals surface area contributed by atoms with Crippen LogP contribution < -0.4 is 48.2 Å². The van der Waals surface area contributed by atoms with E-state index in [2.05, 4.69) is 71.1 Å². The standard InChI is InChI=1S/C24H22N3OS2.HI/c1-4-27-21(15-17-14-13-16-9-5-6-10-18(16)25(17)2)30-22(23(27)28)24-26(3)19-11-7-8-12-20(19)29-24;/h5-15H,4H2,1-3H3;1H/q+1;/p-1. The molecule has 7 heteroatoms. The molecule has 0 aliphatic carbocycles. The number of halogens is 1. The van der Waals surface area contributed by atoms with Gasteiger partial charge in [0, 0.05) is 42.1 Å². The third-order valence-electron chi connectivity index (χ3n) is 5.55. The minimum absolute atomic E-state index is 0. The summed E-state index contributed by atoms with van der Waals surface area (Å²) in [7, 11) is 4.11. The Bertz CT molecular complexity index is 1470. The molecule has 0 saturated carbocycles. The van der Waals surface area contributed by atoms with E-state index in [9.17, 15) is 4.79 Å². The zero-order valence-corrected chi connectivity index (χ0v) is 21.3. The number of benzene rings is 2. The van der Waals surface area contributed by atoms with Crippen LogP contribution >= 0.6 is 23.1 Å². The Morgan fingerprint density at radius 2 is 1.77 bits per heavy atom. The highest BCUT2D eigenvalue weighted by Gasteiger charge is 2.24. The van der Waals surface area contributed by atoms with Crippen LogP contribution in [-0.4, -0.2) is 11.6 Å². The number of thiazole rings is 1. The molecule has 3 heterocycles. The summed E-state index contributed by atoms with van der Waals surface area (Å²) in [5, 5.41) is 2.21. The molecular weight excluding hydrogens is 537 g/mol. The van der Waals surface area contributed by atoms with Crippen molar-refractivity contribution in [3.63, 3.8) is 0 Å². The molecule has 0 radical (unpaired) electrons. The van der Waals surface area contributed by atoms with Crippen molar-refractivity contribution in [2.45, 2.75) is 18.4 Å². The summed E-state index contributed by atoms with van der Waals surface area (Å²) in [5.74, 6) is 0. The smallest absolute Gasteiger partial charge is 0.271 e. The zero-order valence-electron chi connectivity index (χ0n) is 17.5. The molecule has 2 aromatic carbocycles. The molecule has 2 aromatic heterocycles. The first-order valence-corrected chi connectivity index (χ1v) is 11.6. The van der Waals surface area contributed by atoms with Gasteiger partial charge in [-0.05, 0) is 31.2 Å². The number of aryl methyl sites for hydroxylation is 1.